The molecule has 2 heterocycles. The van der Waals surface area contributed by atoms with E-state index in [1.807, 2.05) is 6.92 Å². The van der Waals surface area contributed by atoms with Gasteiger partial charge in [-0.3, -0.25) is 13.9 Å². The van der Waals surface area contributed by atoms with E-state index in [-0.39, 0.29) is 18.2 Å². The summed E-state index contributed by atoms with van der Waals surface area (Å²) in [6.45, 7) is 1.90. The summed E-state index contributed by atoms with van der Waals surface area (Å²) in [5, 5.41) is 12.3. The van der Waals surface area contributed by atoms with Crippen molar-refractivity contribution in [2.75, 3.05) is 11.9 Å². The Morgan fingerprint density at radius 2 is 1.85 bits per heavy atom. The second kappa shape index (κ2) is 5.12. The van der Waals surface area contributed by atoms with Gasteiger partial charge in [0.15, 0.2) is 11.2 Å². The van der Waals surface area contributed by atoms with Crippen LogP contribution in [-0.4, -0.2) is 36.4 Å². The molecule has 2 aromatic heterocycles. The molecule has 0 bridgehead atoms. The van der Waals surface area contributed by atoms with Crippen LogP contribution in [0.5, 0.6) is 0 Å². The summed E-state index contributed by atoms with van der Waals surface area (Å²) in [7, 11) is 4.71. The van der Waals surface area contributed by atoms with Gasteiger partial charge in [0.1, 0.15) is 0 Å². The highest BCUT2D eigenvalue weighted by atomic mass is 16.3. The van der Waals surface area contributed by atoms with Gasteiger partial charge in [0.2, 0.25) is 5.95 Å². The van der Waals surface area contributed by atoms with Crippen molar-refractivity contribution >= 4 is 17.1 Å². The summed E-state index contributed by atoms with van der Waals surface area (Å²) in [6.07, 6.45) is 0.719. The molecule has 0 amide bonds. The maximum atomic E-state index is 12.2. The number of anilines is 1. The highest BCUT2D eigenvalue weighted by Crippen LogP contribution is 2.14. The van der Waals surface area contributed by atoms with Gasteiger partial charge in [0.05, 0.1) is 12.6 Å². The van der Waals surface area contributed by atoms with Gasteiger partial charge < -0.3 is 15.0 Å². The lowest BCUT2D eigenvalue weighted by Gasteiger charge is -2.14. The first-order valence-electron chi connectivity index (χ1n) is 6.42. The molecule has 8 nitrogen and oxygen atoms in total. The maximum Gasteiger partial charge on any atom is 0.332 e. The Morgan fingerprint density at radius 3 is 2.40 bits per heavy atom. The van der Waals surface area contributed by atoms with Crippen molar-refractivity contribution < 1.29 is 5.11 Å². The standard InChI is InChI=1S/C12H19N5O3/c1-5-7(6-18)13-11-14-9-8(15(11)2)10(19)17(4)12(20)16(9)3/h7,18H,5-6H2,1-4H3,(H,13,14)/t7-/m1/s1. The lowest BCUT2D eigenvalue weighted by atomic mass is 10.2. The van der Waals surface area contributed by atoms with Crippen LogP contribution in [-0.2, 0) is 21.1 Å². The van der Waals surface area contributed by atoms with E-state index in [9.17, 15) is 14.7 Å². The molecule has 0 aliphatic rings. The largest absolute Gasteiger partial charge is 0.394 e. The zero-order valence-corrected chi connectivity index (χ0v) is 12.0. The van der Waals surface area contributed by atoms with Gasteiger partial charge in [-0.25, -0.2) is 4.79 Å². The Labute approximate surface area is 115 Å². The number of imidazole rings is 1. The van der Waals surface area contributed by atoms with Crippen LogP contribution in [0.25, 0.3) is 11.2 Å². The van der Waals surface area contributed by atoms with Gasteiger partial charge in [-0.1, -0.05) is 6.92 Å². The van der Waals surface area contributed by atoms with E-state index >= 15 is 0 Å². The summed E-state index contributed by atoms with van der Waals surface area (Å²) < 4.78 is 3.99. The fraction of sp³-hybridized carbons (Fsp3) is 0.583. The van der Waals surface area contributed by atoms with Crippen molar-refractivity contribution in [2.45, 2.75) is 19.4 Å². The van der Waals surface area contributed by atoms with Crippen molar-refractivity contribution in [3.05, 3.63) is 20.8 Å². The van der Waals surface area contributed by atoms with Gasteiger partial charge >= 0.3 is 5.69 Å². The number of aliphatic hydroxyl groups is 1. The summed E-state index contributed by atoms with van der Waals surface area (Å²) in [5.41, 5.74) is -0.120. The van der Waals surface area contributed by atoms with Gasteiger partial charge in [0.25, 0.3) is 5.56 Å². The first kappa shape index (κ1) is 14.3. The predicted octanol–water partition coefficient (Wildman–Crippen LogP) is -0.846. The van der Waals surface area contributed by atoms with Crippen LogP contribution >= 0.6 is 0 Å². The van der Waals surface area contributed by atoms with E-state index < -0.39 is 5.69 Å². The quantitative estimate of drug-likeness (QED) is 0.761. The van der Waals surface area contributed by atoms with Crippen molar-refractivity contribution in [2.24, 2.45) is 21.1 Å². The zero-order valence-electron chi connectivity index (χ0n) is 12.0. The summed E-state index contributed by atoms with van der Waals surface area (Å²) in [6, 6.07) is -0.147. The molecule has 110 valence electrons. The number of aliphatic hydroxyl groups excluding tert-OH is 1. The maximum absolute atomic E-state index is 12.2. The Hall–Kier alpha value is -2.09. The third-order valence-corrected chi connectivity index (χ3v) is 3.52. The third kappa shape index (κ3) is 2.01. The summed E-state index contributed by atoms with van der Waals surface area (Å²) >= 11 is 0. The molecular weight excluding hydrogens is 262 g/mol. The molecule has 0 saturated carbocycles. The van der Waals surface area contributed by atoms with Crippen LogP contribution < -0.4 is 16.6 Å². The number of fused-ring (bicyclic) bond motifs is 1. The minimum Gasteiger partial charge on any atom is -0.394 e. The molecule has 2 N–H and O–H groups in total. The summed E-state index contributed by atoms with van der Waals surface area (Å²) in [4.78, 5) is 28.3. The molecule has 0 spiro atoms. The Kier molecular flexibility index (Phi) is 3.67. The zero-order chi connectivity index (χ0) is 15.0. The van der Waals surface area contributed by atoms with E-state index in [1.165, 1.54) is 11.6 Å². The molecule has 0 saturated heterocycles. The predicted molar refractivity (Wildman–Crippen MR) is 76.0 cm³/mol. The average Bonchev–Trinajstić information content (AvgIpc) is 2.77. The van der Waals surface area contributed by atoms with E-state index in [0.29, 0.717) is 17.1 Å². The van der Waals surface area contributed by atoms with Crippen LogP contribution in [0, 0.1) is 0 Å². The first-order chi connectivity index (χ1) is 9.42. The van der Waals surface area contributed by atoms with E-state index in [2.05, 4.69) is 10.3 Å². The third-order valence-electron chi connectivity index (χ3n) is 3.52. The Balaban J connectivity index is 2.70. The van der Waals surface area contributed by atoms with E-state index in [0.717, 1.165) is 11.0 Å². The number of hydrogen-bond donors (Lipinski definition) is 2. The van der Waals surface area contributed by atoms with Crippen molar-refractivity contribution in [3.63, 3.8) is 0 Å². The Morgan fingerprint density at radius 1 is 1.20 bits per heavy atom. The number of hydrogen-bond acceptors (Lipinski definition) is 5. The van der Waals surface area contributed by atoms with Crippen molar-refractivity contribution in [3.8, 4) is 0 Å². The lowest BCUT2D eigenvalue weighted by Crippen LogP contribution is -2.37. The molecule has 0 aromatic carbocycles. The molecule has 1 atom stereocenters. The molecule has 2 aromatic rings. The van der Waals surface area contributed by atoms with Gasteiger partial charge in [-0.15, -0.1) is 0 Å². The Bertz CT molecular complexity index is 751. The molecule has 2 rings (SSSR count). The molecule has 0 aliphatic carbocycles. The smallest absolute Gasteiger partial charge is 0.332 e. The molecule has 0 radical (unpaired) electrons. The SMILES string of the molecule is CC[C@H](CO)Nc1nc2c(c(=O)n(C)c(=O)n2C)n1C. The van der Waals surface area contributed by atoms with E-state index in [1.54, 1.807) is 18.7 Å². The molecule has 0 unspecified atom stereocenters. The van der Waals surface area contributed by atoms with Crippen LogP contribution in [0.4, 0.5) is 5.95 Å². The highest BCUT2D eigenvalue weighted by molar-refractivity contribution is 5.74. The molecule has 20 heavy (non-hydrogen) atoms. The summed E-state index contributed by atoms with van der Waals surface area (Å²) in [5.74, 6) is 0.458. The van der Waals surface area contributed by atoms with Crippen LogP contribution in [0.3, 0.4) is 0 Å². The number of rotatable bonds is 4. The molecule has 0 fully saturated rings. The number of nitrogens with one attached hydrogen (secondary N) is 1. The monoisotopic (exact) mass is 281 g/mol. The molecule has 0 aliphatic heterocycles. The van der Waals surface area contributed by atoms with Crippen molar-refractivity contribution in [1.82, 2.24) is 18.7 Å². The molecular formula is C12H19N5O3. The fourth-order valence-corrected chi connectivity index (χ4v) is 2.11. The van der Waals surface area contributed by atoms with Gasteiger partial charge in [0, 0.05) is 21.1 Å². The molecule has 8 heteroatoms. The van der Waals surface area contributed by atoms with Crippen molar-refractivity contribution in [1.29, 1.82) is 0 Å². The number of nitrogens with zero attached hydrogens (tertiary/aromatic N) is 4. The second-order valence-corrected chi connectivity index (χ2v) is 4.80. The van der Waals surface area contributed by atoms with Gasteiger partial charge in [-0.05, 0) is 6.42 Å². The normalized spacial score (nSPS) is 12.8. The minimum absolute atomic E-state index is 0.0311. The first-order valence-corrected chi connectivity index (χ1v) is 6.42. The van der Waals surface area contributed by atoms with Crippen LogP contribution in [0.1, 0.15) is 13.3 Å². The lowest BCUT2D eigenvalue weighted by molar-refractivity contribution is 0.271. The topological polar surface area (TPSA) is 94.1 Å². The average molecular weight is 281 g/mol. The van der Waals surface area contributed by atoms with Crippen LogP contribution in [0.15, 0.2) is 9.59 Å². The van der Waals surface area contributed by atoms with Gasteiger partial charge in [-0.2, -0.15) is 4.98 Å². The second-order valence-electron chi connectivity index (χ2n) is 4.80. The number of aromatic nitrogens is 4. The number of aryl methyl sites for hydroxylation is 2. The van der Waals surface area contributed by atoms with E-state index in [4.69, 9.17) is 0 Å². The highest BCUT2D eigenvalue weighted by Gasteiger charge is 2.18. The van der Waals surface area contributed by atoms with Crippen LogP contribution in [0.2, 0.25) is 0 Å². The minimum atomic E-state index is -0.415. The fourth-order valence-electron chi connectivity index (χ4n) is 2.11.